The van der Waals surface area contributed by atoms with E-state index >= 15 is 0 Å². The minimum Gasteiger partial charge on any atom is -0.353 e. The summed E-state index contributed by atoms with van der Waals surface area (Å²) in [6.45, 7) is 9.15. The number of aromatic nitrogens is 1. The molecule has 1 unspecified atom stereocenters. The van der Waals surface area contributed by atoms with Gasteiger partial charge < -0.3 is 14.4 Å². The number of hydrogen-bond donors (Lipinski definition) is 0. The maximum absolute atomic E-state index is 5.83. The number of hydrogen-bond acceptors (Lipinski definition) is 6. The van der Waals surface area contributed by atoms with Gasteiger partial charge in [-0.3, -0.25) is 4.90 Å². The van der Waals surface area contributed by atoms with Crippen LogP contribution in [-0.4, -0.2) is 62.1 Å². The highest BCUT2D eigenvalue weighted by molar-refractivity contribution is 7.15. The van der Waals surface area contributed by atoms with E-state index in [0.29, 0.717) is 0 Å². The third-order valence-corrected chi connectivity index (χ3v) is 5.58. The highest BCUT2D eigenvalue weighted by Crippen LogP contribution is 2.23. The number of anilines is 1. The zero-order valence-electron chi connectivity index (χ0n) is 13.5. The van der Waals surface area contributed by atoms with Crippen LogP contribution in [0.3, 0.4) is 0 Å². The molecule has 2 fully saturated rings. The standard InChI is InChI=1S/C16H27N3O2S/c1-2-14-13-17-16(22-14)19-8-6-18(7-9-19)10-12-21-15-5-3-4-11-20-15/h13,15H,2-12H2,1H3. The second-order valence-corrected chi connectivity index (χ2v) is 7.05. The molecule has 6 heteroatoms. The largest absolute Gasteiger partial charge is 0.353 e. The second kappa shape index (κ2) is 8.24. The first-order valence-electron chi connectivity index (χ1n) is 8.50. The quantitative estimate of drug-likeness (QED) is 0.803. The molecule has 124 valence electrons. The fraction of sp³-hybridized carbons (Fsp3) is 0.812. The zero-order valence-corrected chi connectivity index (χ0v) is 14.3. The monoisotopic (exact) mass is 325 g/mol. The van der Waals surface area contributed by atoms with Crippen LogP contribution in [0.5, 0.6) is 0 Å². The van der Waals surface area contributed by atoms with Crippen molar-refractivity contribution >= 4 is 16.5 Å². The van der Waals surface area contributed by atoms with E-state index in [0.717, 1.165) is 58.8 Å². The van der Waals surface area contributed by atoms with Crippen molar-refractivity contribution in [2.24, 2.45) is 0 Å². The van der Waals surface area contributed by atoms with Crippen LogP contribution in [-0.2, 0) is 15.9 Å². The third-order valence-electron chi connectivity index (χ3n) is 4.38. The highest BCUT2D eigenvalue weighted by atomic mass is 32.1. The molecule has 3 heterocycles. The summed E-state index contributed by atoms with van der Waals surface area (Å²) in [5.41, 5.74) is 0. The van der Waals surface area contributed by atoms with E-state index in [1.54, 1.807) is 0 Å². The summed E-state index contributed by atoms with van der Waals surface area (Å²) in [6, 6.07) is 0. The SMILES string of the molecule is CCc1cnc(N2CCN(CCOC3CCCCO3)CC2)s1. The first-order valence-corrected chi connectivity index (χ1v) is 9.32. The van der Waals surface area contributed by atoms with Crippen molar-refractivity contribution in [2.45, 2.75) is 38.9 Å². The van der Waals surface area contributed by atoms with Crippen LogP contribution >= 0.6 is 11.3 Å². The predicted octanol–water partition coefficient (Wildman–Crippen LogP) is 2.37. The summed E-state index contributed by atoms with van der Waals surface area (Å²) in [6.07, 6.45) is 6.60. The Bertz CT molecular complexity index is 440. The molecule has 0 amide bonds. The lowest BCUT2D eigenvalue weighted by atomic mass is 10.2. The average molecular weight is 325 g/mol. The topological polar surface area (TPSA) is 37.8 Å². The molecule has 0 spiro atoms. The summed E-state index contributed by atoms with van der Waals surface area (Å²) in [5.74, 6) is 0. The van der Waals surface area contributed by atoms with Crippen LogP contribution in [0.4, 0.5) is 5.13 Å². The van der Waals surface area contributed by atoms with E-state index in [2.05, 4.69) is 21.7 Å². The van der Waals surface area contributed by atoms with Gasteiger partial charge in [-0.05, 0) is 25.7 Å². The Balaban J connectivity index is 1.34. The lowest BCUT2D eigenvalue weighted by molar-refractivity contribution is -0.164. The number of aryl methyl sites for hydroxylation is 1. The van der Waals surface area contributed by atoms with Gasteiger partial charge in [0.1, 0.15) is 0 Å². The molecule has 0 bridgehead atoms. The van der Waals surface area contributed by atoms with E-state index in [1.165, 1.54) is 22.9 Å². The minimum atomic E-state index is 0.0397. The maximum Gasteiger partial charge on any atom is 0.185 e. The van der Waals surface area contributed by atoms with E-state index < -0.39 is 0 Å². The van der Waals surface area contributed by atoms with Gasteiger partial charge in [-0.1, -0.05) is 6.92 Å². The van der Waals surface area contributed by atoms with E-state index in [-0.39, 0.29) is 6.29 Å². The van der Waals surface area contributed by atoms with Crippen LogP contribution in [0.15, 0.2) is 6.20 Å². The molecule has 2 aliphatic heterocycles. The molecule has 1 atom stereocenters. The van der Waals surface area contributed by atoms with Gasteiger partial charge in [-0.25, -0.2) is 4.98 Å². The molecule has 1 aromatic rings. The molecule has 0 aliphatic carbocycles. The molecule has 0 radical (unpaired) electrons. The number of piperazine rings is 1. The molecule has 0 N–H and O–H groups in total. The van der Waals surface area contributed by atoms with Crippen LogP contribution < -0.4 is 4.90 Å². The number of rotatable bonds is 6. The van der Waals surface area contributed by atoms with Gasteiger partial charge in [-0.15, -0.1) is 11.3 Å². The van der Waals surface area contributed by atoms with E-state index in [9.17, 15) is 0 Å². The Morgan fingerprint density at radius 3 is 2.86 bits per heavy atom. The van der Waals surface area contributed by atoms with Crippen LogP contribution in [0.1, 0.15) is 31.1 Å². The Morgan fingerprint density at radius 2 is 2.18 bits per heavy atom. The van der Waals surface area contributed by atoms with Gasteiger partial charge in [0.15, 0.2) is 11.4 Å². The molecule has 0 saturated carbocycles. The normalized spacial score (nSPS) is 23.9. The molecule has 5 nitrogen and oxygen atoms in total. The number of ether oxygens (including phenoxy) is 2. The maximum atomic E-state index is 5.83. The Kier molecular flexibility index (Phi) is 6.06. The number of nitrogens with zero attached hydrogens (tertiary/aromatic N) is 3. The van der Waals surface area contributed by atoms with Crippen molar-refractivity contribution in [2.75, 3.05) is 50.8 Å². The van der Waals surface area contributed by atoms with E-state index in [4.69, 9.17) is 9.47 Å². The summed E-state index contributed by atoms with van der Waals surface area (Å²) in [7, 11) is 0. The zero-order chi connectivity index (χ0) is 15.2. The molecule has 2 saturated heterocycles. The van der Waals surface area contributed by atoms with E-state index in [1.807, 2.05) is 17.5 Å². The van der Waals surface area contributed by atoms with Gasteiger partial charge in [0, 0.05) is 50.4 Å². The van der Waals surface area contributed by atoms with Crippen LogP contribution in [0.25, 0.3) is 0 Å². The van der Waals surface area contributed by atoms with Crippen LogP contribution in [0, 0.1) is 0 Å². The van der Waals surface area contributed by atoms with Crippen molar-refractivity contribution in [1.82, 2.24) is 9.88 Å². The third kappa shape index (κ3) is 4.41. The Hall–Kier alpha value is -0.690. The Labute approximate surface area is 137 Å². The summed E-state index contributed by atoms with van der Waals surface area (Å²) in [4.78, 5) is 10.8. The van der Waals surface area contributed by atoms with Gasteiger partial charge in [0.25, 0.3) is 0 Å². The minimum absolute atomic E-state index is 0.0397. The second-order valence-electron chi connectivity index (χ2n) is 5.96. The smallest absolute Gasteiger partial charge is 0.185 e. The van der Waals surface area contributed by atoms with Gasteiger partial charge >= 0.3 is 0 Å². The van der Waals surface area contributed by atoms with Gasteiger partial charge in [-0.2, -0.15) is 0 Å². The molecular formula is C16H27N3O2S. The predicted molar refractivity (Wildman–Crippen MR) is 89.7 cm³/mol. The number of thiazole rings is 1. The summed E-state index contributed by atoms with van der Waals surface area (Å²) in [5, 5.41) is 1.18. The first-order chi connectivity index (χ1) is 10.8. The fourth-order valence-electron chi connectivity index (χ4n) is 2.93. The highest BCUT2D eigenvalue weighted by Gasteiger charge is 2.20. The first kappa shape index (κ1) is 16.2. The van der Waals surface area contributed by atoms with Crippen molar-refractivity contribution in [3.63, 3.8) is 0 Å². The molecule has 1 aromatic heterocycles. The summed E-state index contributed by atoms with van der Waals surface area (Å²) < 4.78 is 11.4. The van der Waals surface area contributed by atoms with Gasteiger partial charge in [0.2, 0.25) is 0 Å². The molecule has 22 heavy (non-hydrogen) atoms. The molecule has 2 aliphatic rings. The lowest BCUT2D eigenvalue weighted by Crippen LogP contribution is -2.47. The fourth-order valence-corrected chi connectivity index (χ4v) is 3.83. The van der Waals surface area contributed by atoms with Crippen molar-refractivity contribution < 1.29 is 9.47 Å². The average Bonchev–Trinajstić information content (AvgIpc) is 3.06. The van der Waals surface area contributed by atoms with Crippen LogP contribution in [0.2, 0.25) is 0 Å². The molecular weight excluding hydrogens is 298 g/mol. The van der Waals surface area contributed by atoms with Crippen molar-refractivity contribution in [3.05, 3.63) is 11.1 Å². The summed E-state index contributed by atoms with van der Waals surface area (Å²) >= 11 is 1.83. The molecule has 0 aromatic carbocycles. The molecule has 3 rings (SSSR count). The van der Waals surface area contributed by atoms with Crippen molar-refractivity contribution in [3.8, 4) is 0 Å². The lowest BCUT2D eigenvalue weighted by Gasteiger charge is -2.34. The van der Waals surface area contributed by atoms with Crippen molar-refractivity contribution in [1.29, 1.82) is 0 Å². The van der Waals surface area contributed by atoms with Gasteiger partial charge in [0.05, 0.1) is 6.61 Å². The Morgan fingerprint density at radius 1 is 1.32 bits per heavy atom.